The van der Waals surface area contributed by atoms with Crippen LogP contribution < -0.4 is 0 Å². The van der Waals surface area contributed by atoms with E-state index >= 15 is 0 Å². The Labute approximate surface area is 85.1 Å². The maximum atomic E-state index is 2.59. The molecule has 0 nitrogen and oxygen atoms in total. The summed E-state index contributed by atoms with van der Waals surface area (Å²) in [5, 5.41) is 0. The lowest BCUT2D eigenvalue weighted by Gasteiger charge is -2.26. The Morgan fingerprint density at radius 1 is 0.857 bits per heavy atom. The predicted molar refractivity (Wildman–Crippen MR) is 55.6 cm³/mol. The van der Waals surface area contributed by atoms with E-state index in [2.05, 4.69) is 24.3 Å². The third-order valence-electron chi connectivity index (χ3n) is 6.04. The van der Waals surface area contributed by atoms with E-state index in [1.165, 1.54) is 25.7 Å². The summed E-state index contributed by atoms with van der Waals surface area (Å²) in [5.74, 6) is 3.93. The van der Waals surface area contributed by atoms with Crippen LogP contribution in [-0.4, -0.2) is 0 Å². The lowest BCUT2D eigenvalue weighted by Crippen LogP contribution is -2.21. The first kappa shape index (κ1) is 6.87. The van der Waals surface area contributed by atoms with Gasteiger partial charge in [0.25, 0.3) is 0 Å². The summed E-state index contributed by atoms with van der Waals surface area (Å²) in [5.41, 5.74) is 1.51. The average Bonchev–Trinajstić information content (AvgIpc) is 3.02. The van der Waals surface area contributed by atoms with E-state index in [9.17, 15) is 0 Å². The third kappa shape index (κ3) is 0.495. The van der Waals surface area contributed by atoms with Crippen molar-refractivity contribution in [1.82, 2.24) is 0 Å². The molecule has 0 amide bonds. The molecule has 0 aromatic rings. The highest BCUT2D eigenvalue weighted by molar-refractivity contribution is 5.38. The molecule has 0 heteroatoms. The standard InChI is InChI=1S/C14H16/c1-2-11-12-9(3-4-13(12)5-6-13)10(1)14(11)7-8-14/h1-4,9-12H,5-8H2/t9-,10-,11-,12-/m0/s1. The van der Waals surface area contributed by atoms with Crippen molar-refractivity contribution in [2.45, 2.75) is 25.7 Å². The Kier molecular flexibility index (Phi) is 0.815. The van der Waals surface area contributed by atoms with E-state index in [0.717, 1.165) is 29.1 Å². The third-order valence-corrected chi connectivity index (χ3v) is 6.04. The Balaban J connectivity index is 1.72. The molecule has 2 spiro atoms. The second kappa shape index (κ2) is 1.66. The molecular weight excluding hydrogens is 168 g/mol. The maximum Gasteiger partial charge on any atom is -0.00776 e. The molecule has 14 heavy (non-hydrogen) atoms. The molecule has 3 fully saturated rings. The predicted octanol–water partition coefficient (Wildman–Crippen LogP) is 3.16. The fraction of sp³-hybridized carbons (Fsp3) is 0.714. The van der Waals surface area contributed by atoms with Gasteiger partial charge >= 0.3 is 0 Å². The molecule has 4 atom stereocenters. The van der Waals surface area contributed by atoms with Gasteiger partial charge in [-0.2, -0.15) is 0 Å². The minimum absolute atomic E-state index is 0.713. The topological polar surface area (TPSA) is 0 Å². The molecule has 0 aromatic carbocycles. The Hall–Kier alpha value is -0.520. The van der Waals surface area contributed by atoms with Gasteiger partial charge in [0.2, 0.25) is 0 Å². The van der Waals surface area contributed by atoms with Crippen molar-refractivity contribution < 1.29 is 0 Å². The molecule has 0 aliphatic heterocycles. The minimum Gasteiger partial charge on any atom is -0.0842 e. The maximum absolute atomic E-state index is 2.59. The van der Waals surface area contributed by atoms with E-state index in [0.29, 0.717) is 5.41 Å². The molecular formula is C14H16. The molecule has 2 bridgehead atoms. The Bertz CT molecular complexity index is 379. The highest BCUT2D eigenvalue weighted by atomic mass is 14.8. The zero-order valence-electron chi connectivity index (χ0n) is 8.45. The molecule has 0 aromatic heterocycles. The number of allylic oxidation sites excluding steroid dienone is 4. The number of fused-ring (bicyclic) bond motifs is 4. The second-order valence-corrected chi connectivity index (χ2v) is 6.37. The van der Waals surface area contributed by atoms with Gasteiger partial charge in [-0.15, -0.1) is 0 Å². The lowest BCUT2D eigenvalue weighted by molar-refractivity contribution is 0.277. The van der Waals surface area contributed by atoms with Gasteiger partial charge in [-0.05, 0) is 60.2 Å². The fourth-order valence-electron chi connectivity index (χ4n) is 5.15. The average molecular weight is 184 g/mol. The van der Waals surface area contributed by atoms with Crippen LogP contribution in [-0.2, 0) is 0 Å². The molecule has 0 N–H and O–H groups in total. The van der Waals surface area contributed by atoms with Crippen LogP contribution in [0.4, 0.5) is 0 Å². The smallest absolute Gasteiger partial charge is 0.00776 e. The van der Waals surface area contributed by atoms with Gasteiger partial charge in [-0.1, -0.05) is 24.3 Å². The summed E-state index contributed by atoms with van der Waals surface area (Å²) in [6, 6.07) is 0. The number of rotatable bonds is 0. The van der Waals surface area contributed by atoms with Crippen molar-refractivity contribution in [1.29, 1.82) is 0 Å². The van der Waals surface area contributed by atoms with Crippen LogP contribution in [0.1, 0.15) is 25.7 Å². The summed E-state index contributed by atoms with van der Waals surface area (Å²) in [4.78, 5) is 0. The van der Waals surface area contributed by atoms with Crippen molar-refractivity contribution in [3.63, 3.8) is 0 Å². The van der Waals surface area contributed by atoms with Crippen LogP contribution >= 0.6 is 0 Å². The van der Waals surface area contributed by atoms with Crippen LogP contribution in [0.5, 0.6) is 0 Å². The van der Waals surface area contributed by atoms with E-state index in [1.807, 2.05) is 0 Å². The zero-order valence-corrected chi connectivity index (χ0v) is 8.45. The van der Waals surface area contributed by atoms with Gasteiger partial charge in [0.15, 0.2) is 0 Å². The van der Waals surface area contributed by atoms with Crippen molar-refractivity contribution >= 4 is 0 Å². The summed E-state index contributed by atoms with van der Waals surface area (Å²) < 4.78 is 0. The van der Waals surface area contributed by atoms with Gasteiger partial charge in [0, 0.05) is 0 Å². The molecule has 5 rings (SSSR count). The normalized spacial score (nSPS) is 56.0. The number of hydrogen-bond acceptors (Lipinski definition) is 0. The summed E-state index contributed by atoms with van der Waals surface area (Å²) in [6.07, 6.45) is 16.4. The van der Waals surface area contributed by atoms with Crippen molar-refractivity contribution in [2.75, 3.05) is 0 Å². The lowest BCUT2D eigenvalue weighted by atomic mass is 9.78. The molecule has 0 radical (unpaired) electrons. The molecule has 72 valence electrons. The quantitative estimate of drug-likeness (QED) is 0.507. The summed E-state index contributed by atoms with van der Waals surface area (Å²) in [6.45, 7) is 0. The molecule has 0 saturated heterocycles. The second-order valence-electron chi connectivity index (χ2n) is 6.37. The molecule has 5 aliphatic carbocycles. The van der Waals surface area contributed by atoms with Crippen molar-refractivity contribution in [3.05, 3.63) is 24.3 Å². The molecule has 0 heterocycles. The van der Waals surface area contributed by atoms with Crippen LogP contribution in [0.15, 0.2) is 24.3 Å². The van der Waals surface area contributed by atoms with E-state index in [4.69, 9.17) is 0 Å². The van der Waals surface area contributed by atoms with E-state index in [-0.39, 0.29) is 0 Å². The monoisotopic (exact) mass is 184 g/mol. The van der Waals surface area contributed by atoms with Crippen LogP contribution in [0.2, 0.25) is 0 Å². The van der Waals surface area contributed by atoms with Crippen molar-refractivity contribution in [2.24, 2.45) is 34.5 Å². The molecule has 5 aliphatic rings. The van der Waals surface area contributed by atoms with E-state index in [1.54, 1.807) is 0 Å². The first-order valence-corrected chi connectivity index (χ1v) is 6.24. The first-order valence-electron chi connectivity index (χ1n) is 6.24. The summed E-state index contributed by atoms with van der Waals surface area (Å²) >= 11 is 0. The number of hydrogen-bond donors (Lipinski definition) is 0. The fourth-order valence-corrected chi connectivity index (χ4v) is 5.15. The van der Waals surface area contributed by atoms with Gasteiger partial charge in [0.1, 0.15) is 0 Å². The van der Waals surface area contributed by atoms with Crippen LogP contribution in [0.25, 0.3) is 0 Å². The Morgan fingerprint density at radius 3 is 2.36 bits per heavy atom. The van der Waals surface area contributed by atoms with Gasteiger partial charge in [0.05, 0.1) is 0 Å². The van der Waals surface area contributed by atoms with Gasteiger partial charge in [-0.25, -0.2) is 0 Å². The highest BCUT2D eigenvalue weighted by Gasteiger charge is 2.72. The van der Waals surface area contributed by atoms with Crippen molar-refractivity contribution in [3.8, 4) is 0 Å². The molecule has 0 unspecified atom stereocenters. The summed E-state index contributed by atoms with van der Waals surface area (Å²) in [7, 11) is 0. The minimum atomic E-state index is 0.713. The van der Waals surface area contributed by atoms with Gasteiger partial charge in [-0.3, -0.25) is 0 Å². The molecule has 3 saturated carbocycles. The Morgan fingerprint density at radius 2 is 1.64 bits per heavy atom. The highest BCUT2D eigenvalue weighted by Crippen LogP contribution is 2.79. The van der Waals surface area contributed by atoms with E-state index < -0.39 is 0 Å². The first-order chi connectivity index (χ1) is 6.86. The van der Waals surface area contributed by atoms with Gasteiger partial charge < -0.3 is 0 Å². The van der Waals surface area contributed by atoms with Crippen LogP contribution in [0, 0.1) is 34.5 Å². The SMILES string of the molecule is C1=CC2(CC2)[C@H]2[C@@H]1[C@@H]1C=C[C@@H]2C12CC2. The largest absolute Gasteiger partial charge is 0.0842 e. The zero-order chi connectivity index (χ0) is 8.97. The van der Waals surface area contributed by atoms with Crippen LogP contribution in [0.3, 0.4) is 0 Å².